The largest absolute Gasteiger partial charge is 0.350 e. The minimum Gasteiger partial charge on any atom is -0.350 e. The van der Waals surface area contributed by atoms with Gasteiger partial charge in [-0.2, -0.15) is 0 Å². The van der Waals surface area contributed by atoms with E-state index in [4.69, 9.17) is 11.6 Å². The topological polar surface area (TPSA) is 96.3 Å². The monoisotopic (exact) mass is 511 g/mol. The highest BCUT2D eigenvalue weighted by Gasteiger charge is 2.53. The van der Waals surface area contributed by atoms with Crippen LogP contribution in [0.25, 0.3) is 0 Å². The first-order chi connectivity index (χ1) is 17.4. The summed E-state index contributed by atoms with van der Waals surface area (Å²) >= 11 is 6.26. The molecule has 3 aliphatic rings. The van der Waals surface area contributed by atoms with E-state index in [1.165, 1.54) is 25.6 Å². The van der Waals surface area contributed by atoms with E-state index in [1.54, 1.807) is 22.5 Å². The summed E-state index contributed by atoms with van der Waals surface area (Å²) < 4.78 is 1.67. The lowest BCUT2D eigenvalue weighted by molar-refractivity contribution is -0.133. The summed E-state index contributed by atoms with van der Waals surface area (Å²) in [5.74, 6) is -0.854. The summed E-state index contributed by atoms with van der Waals surface area (Å²) in [4.78, 5) is 46.6. The van der Waals surface area contributed by atoms with Gasteiger partial charge in [0.05, 0.1) is 12.9 Å². The summed E-state index contributed by atoms with van der Waals surface area (Å²) in [7, 11) is 0. The van der Waals surface area contributed by atoms with Gasteiger partial charge in [-0.05, 0) is 44.2 Å². The van der Waals surface area contributed by atoms with Gasteiger partial charge in [0.25, 0.3) is 11.8 Å². The molecule has 2 fully saturated rings. The van der Waals surface area contributed by atoms with Crippen molar-refractivity contribution in [3.05, 3.63) is 52.6 Å². The van der Waals surface area contributed by atoms with Gasteiger partial charge in [-0.25, -0.2) is 4.98 Å². The van der Waals surface area contributed by atoms with Crippen LogP contribution in [0.2, 0.25) is 5.02 Å². The lowest BCUT2D eigenvalue weighted by Gasteiger charge is -2.44. The van der Waals surface area contributed by atoms with Gasteiger partial charge in [0.15, 0.2) is 5.69 Å². The lowest BCUT2D eigenvalue weighted by Crippen LogP contribution is -2.64. The zero-order valence-corrected chi connectivity index (χ0v) is 21.5. The first-order valence-corrected chi connectivity index (χ1v) is 13.5. The fourth-order valence-electron chi connectivity index (χ4n) is 5.58. The third-order valence-corrected chi connectivity index (χ3v) is 8.09. The van der Waals surface area contributed by atoms with Crippen molar-refractivity contribution in [2.75, 3.05) is 0 Å². The van der Waals surface area contributed by atoms with E-state index in [0.717, 1.165) is 44.1 Å². The number of benzene rings is 1. The highest BCUT2D eigenvalue weighted by atomic mass is 35.5. The Hall–Kier alpha value is -2.87. The number of fused-ring (bicyclic) bond motifs is 1. The summed E-state index contributed by atoms with van der Waals surface area (Å²) in [5.41, 5.74) is 0.154. The Morgan fingerprint density at radius 1 is 1.08 bits per heavy atom. The molecule has 8 nitrogen and oxygen atoms in total. The molecular weight excluding hydrogens is 478 g/mol. The molecule has 1 aromatic heterocycles. The van der Waals surface area contributed by atoms with Gasteiger partial charge >= 0.3 is 0 Å². The number of hydrogen-bond donors (Lipinski definition) is 2. The second kappa shape index (κ2) is 10.2. The molecule has 9 heteroatoms. The summed E-state index contributed by atoms with van der Waals surface area (Å²) in [6.07, 6.45) is 10.9. The molecule has 2 saturated carbocycles. The molecule has 1 atom stereocenters. The van der Waals surface area contributed by atoms with Crippen LogP contribution in [0, 0.1) is 0 Å². The predicted molar refractivity (Wildman–Crippen MR) is 137 cm³/mol. The zero-order chi connectivity index (χ0) is 25.3. The molecular formula is C27H34ClN5O3. The number of nitrogens with zero attached hydrogens (tertiary/aromatic N) is 3. The molecule has 192 valence electrons. The van der Waals surface area contributed by atoms with E-state index in [1.807, 2.05) is 18.2 Å². The van der Waals surface area contributed by atoms with Crippen LogP contribution in [-0.4, -0.2) is 49.8 Å². The molecule has 1 aliphatic heterocycles. The van der Waals surface area contributed by atoms with E-state index < -0.39 is 5.54 Å². The number of carbonyl (C=O) groups is 3. The maximum atomic E-state index is 13.8. The molecule has 0 unspecified atom stereocenters. The van der Waals surface area contributed by atoms with Crippen molar-refractivity contribution < 1.29 is 14.4 Å². The van der Waals surface area contributed by atoms with Crippen LogP contribution >= 0.6 is 11.6 Å². The molecule has 2 N–H and O–H groups in total. The van der Waals surface area contributed by atoms with Gasteiger partial charge in [0.2, 0.25) is 5.91 Å². The van der Waals surface area contributed by atoms with Crippen LogP contribution in [0.5, 0.6) is 0 Å². The van der Waals surface area contributed by atoms with Crippen LogP contribution in [0.15, 0.2) is 30.6 Å². The highest BCUT2D eigenvalue weighted by Crippen LogP contribution is 2.39. The number of imidazole rings is 1. The first-order valence-electron chi connectivity index (χ1n) is 13.1. The number of halogens is 1. The fourth-order valence-corrected chi connectivity index (χ4v) is 5.79. The summed E-state index contributed by atoms with van der Waals surface area (Å²) in [5, 5.41) is 6.69. The van der Waals surface area contributed by atoms with Crippen LogP contribution in [0.3, 0.4) is 0 Å². The average molecular weight is 512 g/mol. The van der Waals surface area contributed by atoms with Gasteiger partial charge in [-0.1, -0.05) is 61.9 Å². The minimum absolute atomic E-state index is 0.0151. The van der Waals surface area contributed by atoms with Gasteiger partial charge in [0.1, 0.15) is 11.2 Å². The minimum atomic E-state index is -1.10. The second-order valence-corrected chi connectivity index (χ2v) is 10.9. The van der Waals surface area contributed by atoms with Gasteiger partial charge in [-0.15, -0.1) is 0 Å². The van der Waals surface area contributed by atoms with Crippen molar-refractivity contribution in [3.63, 3.8) is 0 Å². The summed E-state index contributed by atoms with van der Waals surface area (Å²) in [6.45, 7) is 2.30. The number of nitrogens with one attached hydrogen (secondary N) is 2. The average Bonchev–Trinajstić information content (AvgIpc) is 3.57. The molecule has 0 bridgehead atoms. The molecule has 0 saturated heterocycles. The third-order valence-electron chi connectivity index (χ3n) is 7.72. The van der Waals surface area contributed by atoms with Crippen molar-refractivity contribution in [1.82, 2.24) is 25.1 Å². The molecule has 1 aromatic carbocycles. The summed E-state index contributed by atoms with van der Waals surface area (Å²) in [6, 6.07) is 7.45. The lowest BCUT2D eigenvalue weighted by atomic mass is 9.93. The molecule has 2 heterocycles. The van der Waals surface area contributed by atoms with Gasteiger partial charge in [-0.3, -0.25) is 14.4 Å². The Morgan fingerprint density at radius 2 is 1.78 bits per heavy atom. The SMILES string of the molecule is C[C@@]1(C(=O)NCc2ccccc2Cl)Cn2cnc(C(=O)NC3CCCCCCC3)c2C(=O)N1C1CC1. The maximum absolute atomic E-state index is 13.8. The van der Waals surface area contributed by atoms with E-state index in [-0.39, 0.29) is 54.3 Å². The zero-order valence-electron chi connectivity index (χ0n) is 20.8. The van der Waals surface area contributed by atoms with Crippen molar-refractivity contribution in [2.24, 2.45) is 0 Å². The first kappa shape index (κ1) is 24.8. The van der Waals surface area contributed by atoms with Gasteiger partial charge < -0.3 is 20.1 Å². The van der Waals surface area contributed by atoms with Crippen molar-refractivity contribution in [3.8, 4) is 0 Å². The number of carbonyl (C=O) groups excluding carboxylic acids is 3. The highest BCUT2D eigenvalue weighted by molar-refractivity contribution is 6.31. The Balaban J connectivity index is 1.36. The molecule has 3 amide bonds. The maximum Gasteiger partial charge on any atom is 0.274 e. The van der Waals surface area contributed by atoms with Crippen LogP contribution in [0.1, 0.15) is 91.3 Å². The van der Waals surface area contributed by atoms with E-state index >= 15 is 0 Å². The number of amides is 3. The smallest absolute Gasteiger partial charge is 0.274 e. The predicted octanol–water partition coefficient (Wildman–Crippen LogP) is 4.07. The molecule has 5 rings (SSSR count). The normalized spacial score (nSPS) is 22.9. The molecule has 36 heavy (non-hydrogen) atoms. The van der Waals surface area contributed by atoms with E-state index in [2.05, 4.69) is 15.6 Å². The van der Waals surface area contributed by atoms with Crippen molar-refractivity contribution in [2.45, 2.75) is 95.4 Å². The van der Waals surface area contributed by atoms with Crippen LogP contribution in [-0.2, 0) is 17.9 Å². The van der Waals surface area contributed by atoms with E-state index in [9.17, 15) is 14.4 Å². The molecule has 0 radical (unpaired) electrons. The molecule has 2 aliphatic carbocycles. The Labute approximate surface area is 216 Å². The second-order valence-electron chi connectivity index (χ2n) is 10.5. The van der Waals surface area contributed by atoms with Crippen LogP contribution in [0.4, 0.5) is 0 Å². The van der Waals surface area contributed by atoms with Crippen LogP contribution < -0.4 is 10.6 Å². The number of aromatic nitrogens is 2. The quantitative estimate of drug-likeness (QED) is 0.611. The Morgan fingerprint density at radius 3 is 2.47 bits per heavy atom. The van der Waals surface area contributed by atoms with Crippen molar-refractivity contribution in [1.29, 1.82) is 0 Å². The van der Waals surface area contributed by atoms with E-state index in [0.29, 0.717) is 5.02 Å². The standard InChI is InChI=1S/C27H34ClN5O3/c1-27(26(36)29-15-18-9-7-8-12-21(18)28)16-32-17-30-22(23(32)25(35)33(27)20-13-14-20)24(34)31-19-10-5-3-2-4-6-11-19/h7-9,12,17,19-20H,2-6,10-11,13-16H2,1H3,(H,29,36)(H,31,34)/t27-/m0/s1. The fraction of sp³-hybridized carbons (Fsp3) is 0.556. The Kier molecular flexibility index (Phi) is 7.06. The number of rotatable bonds is 6. The Bertz CT molecular complexity index is 1150. The number of hydrogen-bond acceptors (Lipinski definition) is 4. The molecule has 0 spiro atoms. The van der Waals surface area contributed by atoms with Crippen molar-refractivity contribution >= 4 is 29.3 Å². The molecule has 2 aromatic rings. The van der Waals surface area contributed by atoms with Gasteiger partial charge in [0, 0.05) is 23.7 Å². The third kappa shape index (κ3) is 4.88.